The second-order valence-corrected chi connectivity index (χ2v) is 6.88. The lowest BCUT2D eigenvalue weighted by Crippen LogP contribution is -2.32. The predicted octanol–water partition coefficient (Wildman–Crippen LogP) is 2.83. The molecule has 3 heterocycles. The molecule has 2 fully saturated rings. The van der Waals surface area contributed by atoms with E-state index in [1.807, 2.05) is 12.1 Å². The number of pyridine rings is 1. The van der Waals surface area contributed by atoms with Gasteiger partial charge in [-0.3, -0.25) is 4.98 Å². The third-order valence-electron chi connectivity index (χ3n) is 5.34. The Labute approximate surface area is 140 Å². The second kappa shape index (κ2) is 6.43. The zero-order chi connectivity index (χ0) is 16.4. The molecular weight excluding hydrogens is 307 g/mol. The van der Waals surface area contributed by atoms with Crippen LogP contribution < -0.4 is 4.90 Å². The van der Waals surface area contributed by atoms with Crippen molar-refractivity contribution in [2.24, 2.45) is 11.3 Å². The molecule has 6 heteroatoms. The zero-order valence-corrected chi connectivity index (χ0v) is 13.6. The molecule has 4 rings (SSSR count). The van der Waals surface area contributed by atoms with E-state index in [2.05, 4.69) is 19.9 Å². The maximum absolute atomic E-state index is 13.0. The van der Waals surface area contributed by atoms with E-state index in [1.54, 1.807) is 12.4 Å². The highest BCUT2D eigenvalue weighted by Crippen LogP contribution is 2.49. The van der Waals surface area contributed by atoms with E-state index in [0.717, 1.165) is 25.3 Å². The largest absolute Gasteiger partial charge is 0.376 e. The summed E-state index contributed by atoms with van der Waals surface area (Å²) in [6.45, 7) is 3.19. The summed E-state index contributed by atoms with van der Waals surface area (Å²) in [6, 6.07) is 3.97. The monoisotopic (exact) mass is 328 g/mol. The maximum Gasteiger partial charge on any atom is 0.225 e. The van der Waals surface area contributed by atoms with Crippen LogP contribution in [0.2, 0.25) is 0 Å². The fourth-order valence-corrected chi connectivity index (χ4v) is 4.12. The first-order valence-electron chi connectivity index (χ1n) is 8.44. The van der Waals surface area contributed by atoms with Crippen LogP contribution >= 0.6 is 0 Å². The van der Waals surface area contributed by atoms with Crippen molar-refractivity contribution in [2.75, 3.05) is 24.6 Å². The van der Waals surface area contributed by atoms with Crippen LogP contribution in [0.25, 0.3) is 0 Å². The molecule has 1 aliphatic heterocycles. The van der Waals surface area contributed by atoms with Crippen molar-refractivity contribution in [3.8, 4) is 0 Å². The molecule has 1 saturated heterocycles. The normalized spacial score (nSPS) is 25.9. The van der Waals surface area contributed by atoms with Crippen molar-refractivity contribution in [2.45, 2.75) is 25.9 Å². The molecule has 5 nitrogen and oxygen atoms in total. The van der Waals surface area contributed by atoms with E-state index in [-0.39, 0.29) is 5.41 Å². The molecule has 0 unspecified atom stereocenters. The second-order valence-electron chi connectivity index (χ2n) is 6.88. The Morgan fingerprint density at radius 1 is 1.25 bits per heavy atom. The number of hydrogen-bond acceptors (Lipinski definition) is 5. The summed E-state index contributed by atoms with van der Waals surface area (Å²) in [5.74, 6) is 0.830. The highest BCUT2D eigenvalue weighted by Gasteiger charge is 2.50. The number of rotatable bonds is 5. The summed E-state index contributed by atoms with van der Waals surface area (Å²) < 4.78 is 19.1. The Balaban J connectivity index is 1.42. The average molecular weight is 328 g/mol. The van der Waals surface area contributed by atoms with Crippen LogP contribution in [0.1, 0.15) is 24.8 Å². The van der Waals surface area contributed by atoms with Gasteiger partial charge >= 0.3 is 0 Å². The van der Waals surface area contributed by atoms with Gasteiger partial charge in [0.25, 0.3) is 0 Å². The Kier molecular flexibility index (Phi) is 4.14. The van der Waals surface area contributed by atoms with Gasteiger partial charge in [-0.15, -0.1) is 0 Å². The molecule has 2 aromatic rings. The molecule has 2 aliphatic rings. The summed E-state index contributed by atoms with van der Waals surface area (Å²) in [6.07, 6.45) is 9.70. The molecular formula is C18H21FN4O. The predicted molar refractivity (Wildman–Crippen MR) is 87.9 cm³/mol. The van der Waals surface area contributed by atoms with Crippen molar-refractivity contribution in [1.29, 1.82) is 0 Å². The van der Waals surface area contributed by atoms with E-state index in [4.69, 9.17) is 4.74 Å². The van der Waals surface area contributed by atoms with E-state index < -0.39 is 5.82 Å². The number of ether oxygens (including phenoxy) is 1. The number of nitrogens with zero attached hydrogens (tertiary/aromatic N) is 4. The van der Waals surface area contributed by atoms with Gasteiger partial charge in [0.05, 0.1) is 25.6 Å². The van der Waals surface area contributed by atoms with Crippen LogP contribution in [0, 0.1) is 17.2 Å². The Hall–Kier alpha value is -2.08. The summed E-state index contributed by atoms with van der Waals surface area (Å²) >= 11 is 0. The quantitative estimate of drug-likeness (QED) is 0.845. The van der Waals surface area contributed by atoms with Crippen LogP contribution in [0.5, 0.6) is 0 Å². The maximum atomic E-state index is 13.0. The molecule has 1 aliphatic carbocycles. The Morgan fingerprint density at radius 2 is 2.04 bits per heavy atom. The van der Waals surface area contributed by atoms with Gasteiger partial charge in [0.1, 0.15) is 0 Å². The number of hydrogen-bond donors (Lipinski definition) is 0. The van der Waals surface area contributed by atoms with Gasteiger partial charge in [-0.1, -0.05) is 6.42 Å². The SMILES string of the molecule is Fc1cnc(N2C[C@@H]3CCC[C@]3(COCc3ccncc3)C2)nc1. The molecule has 0 aromatic carbocycles. The molecule has 0 radical (unpaired) electrons. The van der Waals surface area contributed by atoms with E-state index in [1.165, 1.54) is 31.7 Å². The van der Waals surface area contributed by atoms with Gasteiger partial charge in [0, 0.05) is 30.9 Å². The lowest BCUT2D eigenvalue weighted by atomic mass is 9.81. The lowest BCUT2D eigenvalue weighted by molar-refractivity contribution is 0.0315. The minimum absolute atomic E-state index is 0.171. The fourth-order valence-electron chi connectivity index (χ4n) is 4.12. The van der Waals surface area contributed by atoms with Crippen molar-refractivity contribution >= 4 is 5.95 Å². The Morgan fingerprint density at radius 3 is 2.83 bits per heavy atom. The highest BCUT2D eigenvalue weighted by molar-refractivity contribution is 5.33. The van der Waals surface area contributed by atoms with Crippen LogP contribution in [-0.4, -0.2) is 34.6 Å². The van der Waals surface area contributed by atoms with Gasteiger partial charge in [0.2, 0.25) is 5.95 Å². The van der Waals surface area contributed by atoms with Crippen molar-refractivity contribution in [1.82, 2.24) is 15.0 Å². The summed E-state index contributed by atoms with van der Waals surface area (Å²) in [4.78, 5) is 14.5. The smallest absolute Gasteiger partial charge is 0.225 e. The molecule has 0 spiro atoms. The van der Waals surface area contributed by atoms with Gasteiger partial charge in [0.15, 0.2) is 5.82 Å². The molecule has 0 N–H and O–H groups in total. The van der Waals surface area contributed by atoms with E-state index >= 15 is 0 Å². The zero-order valence-electron chi connectivity index (χ0n) is 13.6. The Bertz CT molecular complexity index is 681. The van der Waals surface area contributed by atoms with E-state index in [9.17, 15) is 4.39 Å². The molecule has 1 saturated carbocycles. The molecule has 2 aromatic heterocycles. The average Bonchev–Trinajstić information content (AvgIpc) is 3.14. The molecule has 0 bridgehead atoms. The molecule has 126 valence electrons. The number of halogens is 1. The highest BCUT2D eigenvalue weighted by atomic mass is 19.1. The fraction of sp³-hybridized carbons (Fsp3) is 0.500. The van der Waals surface area contributed by atoms with Gasteiger partial charge < -0.3 is 9.64 Å². The van der Waals surface area contributed by atoms with E-state index in [0.29, 0.717) is 18.5 Å². The standard InChI is InChI=1S/C18H21FN4O/c19-16-8-21-17(22-9-16)23-10-15-2-1-5-18(15,12-23)13-24-11-14-3-6-20-7-4-14/h3-4,6-9,15H,1-2,5,10-13H2/t15-,18+/m0/s1. The van der Waals surface area contributed by atoms with Crippen LogP contribution in [0.3, 0.4) is 0 Å². The first-order valence-corrected chi connectivity index (χ1v) is 8.44. The molecule has 24 heavy (non-hydrogen) atoms. The van der Waals surface area contributed by atoms with Gasteiger partial charge in [-0.25, -0.2) is 14.4 Å². The first kappa shape index (κ1) is 15.4. The minimum Gasteiger partial charge on any atom is -0.376 e. The first-order chi connectivity index (χ1) is 11.8. The lowest BCUT2D eigenvalue weighted by Gasteiger charge is -2.28. The van der Waals surface area contributed by atoms with Crippen molar-refractivity contribution in [3.63, 3.8) is 0 Å². The van der Waals surface area contributed by atoms with Gasteiger partial charge in [-0.05, 0) is 36.5 Å². The van der Waals surface area contributed by atoms with Crippen LogP contribution in [0.4, 0.5) is 10.3 Å². The summed E-state index contributed by atoms with van der Waals surface area (Å²) in [5, 5.41) is 0. The topological polar surface area (TPSA) is 51.1 Å². The molecule has 2 atom stereocenters. The van der Waals surface area contributed by atoms with Crippen LogP contribution in [-0.2, 0) is 11.3 Å². The summed E-state index contributed by atoms with van der Waals surface area (Å²) in [5.41, 5.74) is 1.32. The van der Waals surface area contributed by atoms with Crippen molar-refractivity contribution in [3.05, 3.63) is 48.3 Å². The third kappa shape index (κ3) is 2.98. The number of aromatic nitrogens is 3. The minimum atomic E-state index is -0.395. The van der Waals surface area contributed by atoms with Gasteiger partial charge in [-0.2, -0.15) is 0 Å². The number of fused-ring (bicyclic) bond motifs is 1. The van der Waals surface area contributed by atoms with Crippen LogP contribution in [0.15, 0.2) is 36.9 Å². The number of anilines is 1. The molecule has 0 amide bonds. The van der Waals surface area contributed by atoms with Crippen molar-refractivity contribution < 1.29 is 9.13 Å². The summed E-state index contributed by atoms with van der Waals surface area (Å²) in [7, 11) is 0. The third-order valence-corrected chi connectivity index (χ3v) is 5.34.